The fraction of sp³-hybridized carbons (Fsp3) is 1.00. The van der Waals surface area contributed by atoms with E-state index < -0.39 is 0 Å². The largest absolute Gasteiger partial charge is 0.161 e. The summed E-state index contributed by atoms with van der Waals surface area (Å²) in [4.78, 5) is 0. The molecule has 1 aliphatic heterocycles. The number of hydrogen-bond acceptors (Lipinski definition) is 1. The van der Waals surface area contributed by atoms with Gasteiger partial charge in [-0.05, 0) is 34.2 Å². The molecule has 1 saturated heterocycles. The monoisotopic (exact) mass is 200 g/mol. The fourth-order valence-corrected chi connectivity index (χ4v) is 4.37. The summed E-state index contributed by atoms with van der Waals surface area (Å²) in [5.41, 5.74) is 0.975. The highest BCUT2D eigenvalue weighted by atomic mass is 32.2. The van der Waals surface area contributed by atoms with Crippen molar-refractivity contribution in [2.24, 2.45) is 22.7 Å². The van der Waals surface area contributed by atoms with Gasteiger partial charge >= 0.3 is 0 Å². The van der Waals surface area contributed by atoms with Crippen LogP contribution in [0.15, 0.2) is 0 Å². The summed E-state index contributed by atoms with van der Waals surface area (Å²) in [5, 5.41) is 0. The normalized spacial score (nSPS) is 30.9. The lowest BCUT2D eigenvalue weighted by Crippen LogP contribution is -2.34. The highest BCUT2D eigenvalue weighted by molar-refractivity contribution is 7.99. The highest BCUT2D eigenvalue weighted by Gasteiger charge is 2.41. The molecule has 0 aromatic carbocycles. The van der Waals surface area contributed by atoms with Crippen LogP contribution >= 0.6 is 11.8 Å². The Bertz CT molecular complexity index is 151. The van der Waals surface area contributed by atoms with Gasteiger partial charge in [0.1, 0.15) is 0 Å². The maximum absolute atomic E-state index is 2.39. The summed E-state index contributed by atoms with van der Waals surface area (Å²) in [6.45, 7) is 14.3. The fourth-order valence-electron chi connectivity index (χ4n) is 2.26. The Balaban J connectivity index is 2.76. The Morgan fingerprint density at radius 3 is 1.31 bits per heavy atom. The molecule has 2 atom stereocenters. The van der Waals surface area contributed by atoms with E-state index in [1.165, 1.54) is 11.5 Å². The molecule has 2 unspecified atom stereocenters. The third-order valence-corrected chi connectivity index (χ3v) is 4.49. The molecule has 0 amide bonds. The minimum atomic E-state index is 0.488. The average molecular weight is 200 g/mol. The van der Waals surface area contributed by atoms with Gasteiger partial charge in [-0.2, -0.15) is 11.8 Å². The Labute approximate surface area is 87.9 Å². The van der Waals surface area contributed by atoms with E-state index in [0.29, 0.717) is 10.8 Å². The Morgan fingerprint density at radius 1 is 0.769 bits per heavy atom. The Hall–Kier alpha value is 0.350. The van der Waals surface area contributed by atoms with Gasteiger partial charge in [0.15, 0.2) is 0 Å². The van der Waals surface area contributed by atoms with Crippen LogP contribution in [0.5, 0.6) is 0 Å². The number of thioether (sulfide) groups is 1. The predicted molar refractivity (Wildman–Crippen MR) is 63.2 cm³/mol. The number of rotatable bonds is 0. The van der Waals surface area contributed by atoms with E-state index in [9.17, 15) is 0 Å². The molecule has 78 valence electrons. The van der Waals surface area contributed by atoms with Crippen molar-refractivity contribution < 1.29 is 0 Å². The van der Waals surface area contributed by atoms with Crippen LogP contribution in [0.2, 0.25) is 0 Å². The van der Waals surface area contributed by atoms with Crippen LogP contribution in [0.3, 0.4) is 0 Å². The first-order valence-corrected chi connectivity index (χ1v) is 6.46. The summed E-state index contributed by atoms with van der Waals surface area (Å²) < 4.78 is 0. The minimum Gasteiger partial charge on any atom is -0.161 e. The van der Waals surface area contributed by atoms with Gasteiger partial charge in [0.25, 0.3) is 0 Å². The zero-order chi connectivity index (χ0) is 10.3. The topological polar surface area (TPSA) is 0 Å². The lowest BCUT2D eigenvalue weighted by atomic mass is 9.66. The lowest BCUT2D eigenvalue weighted by Gasteiger charge is -2.38. The van der Waals surface area contributed by atoms with Crippen molar-refractivity contribution in [2.45, 2.75) is 41.5 Å². The summed E-state index contributed by atoms with van der Waals surface area (Å²) in [7, 11) is 0. The van der Waals surface area contributed by atoms with E-state index in [1.54, 1.807) is 0 Å². The van der Waals surface area contributed by atoms with Crippen LogP contribution in [0, 0.1) is 22.7 Å². The molecular weight excluding hydrogens is 176 g/mol. The first kappa shape index (κ1) is 11.4. The molecule has 0 aliphatic carbocycles. The van der Waals surface area contributed by atoms with Crippen LogP contribution in [0.1, 0.15) is 41.5 Å². The van der Waals surface area contributed by atoms with Gasteiger partial charge in [0, 0.05) is 0 Å². The molecule has 0 nitrogen and oxygen atoms in total. The molecule has 0 spiro atoms. The second-order valence-corrected chi connectivity index (χ2v) is 7.56. The summed E-state index contributed by atoms with van der Waals surface area (Å²) in [6, 6.07) is 0. The third kappa shape index (κ3) is 2.65. The zero-order valence-corrected chi connectivity index (χ0v) is 10.8. The maximum Gasteiger partial charge on any atom is -0.00309 e. The van der Waals surface area contributed by atoms with Crippen molar-refractivity contribution >= 4 is 11.8 Å². The molecule has 0 aromatic heterocycles. The third-order valence-electron chi connectivity index (χ3n) is 3.31. The van der Waals surface area contributed by atoms with E-state index in [0.717, 1.165) is 11.8 Å². The van der Waals surface area contributed by atoms with Crippen molar-refractivity contribution in [1.29, 1.82) is 0 Å². The first-order chi connectivity index (χ1) is 5.73. The predicted octanol–water partition coefficient (Wildman–Crippen LogP) is 4.06. The molecule has 1 fully saturated rings. The molecule has 0 radical (unpaired) electrons. The van der Waals surface area contributed by atoms with Crippen molar-refractivity contribution in [1.82, 2.24) is 0 Å². The van der Waals surface area contributed by atoms with E-state index in [4.69, 9.17) is 0 Å². The quantitative estimate of drug-likeness (QED) is 0.568. The first-order valence-electron chi connectivity index (χ1n) is 5.30. The molecule has 0 saturated carbocycles. The van der Waals surface area contributed by atoms with E-state index >= 15 is 0 Å². The SMILES string of the molecule is CC(C)(C)C1CSCC1C(C)(C)C. The van der Waals surface area contributed by atoms with Gasteiger partial charge in [-0.3, -0.25) is 0 Å². The van der Waals surface area contributed by atoms with Gasteiger partial charge < -0.3 is 0 Å². The molecule has 1 rings (SSSR count). The average Bonchev–Trinajstić information content (AvgIpc) is 2.27. The molecule has 1 heterocycles. The molecule has 1 heteroatoms. The van der Waals surface area contributed by atoms with Crippen LogP contribution in [-0.4, -0.2) is 11.5 Å². The van der Waals surface area contributed by atoms with Crippen molar-refractivity contribution in [3.8, 4) is 0 Å². The Morgan fingerprint density at radius 2 is 1.08 bits per heavy atom. The van der Waals surface area contributed by atoms with Crippen LogP contribution in [-0.2, 0) is 0 Å². The van der Waals surface area contributed by atoms with Gasteiger partial charge in [0.2, 0.25) is 0 Å². The smallest absolute Gasteiger partial charge is 0.00309 e. The minimum absolute atomic E-state index is 0.488. The van der Waals surface area contributed by atoms with Crippen molar-refractivity contribution in [3.63, 3.8) is 0 Å². The van der Waals surface area contributed by atoms with Crippen molar-refractivity contribution in [2.75, 3.05) is 11.5 Å². The van der Waals surface area contributed by atoms with Crippen LogP contribution < -0.4 is 0 Å². The van der Waals surface area contributed by atoms with Crippen molar-refractivity contribution in [3.05, 3.63) is 0 Å². The summed E-state index contributed by atoms with van der Waals surface area (Å²) in [6.07, 6.45) is 0. The highest BCUT2D eigenvalue weighted by Crippen LogP contribution is 2.48. The second kappa shape index (κ2) is 3.49. The molecule has 0 aromatic rings. The van der Waals surface area contributed by atoms with E-state index in [-0.39, 0.29) is 0 Å². The summed E-state index contributed by atoms with van der Waals surface area (Å²) in [5.74, 6) is 4.53. The standard InChI is InChI=1S/C12H24S/c1-11(2,3)9-7-13-8-10(9)12(4,5)6/h9-10H,7-8H2,1-6H3. The summed E-state index contributed by atoms with van der Waals surface area (Å²) >= 11 is 2.14. The molecule has 13 heavy (non-hydrogen) atoms. The molecule has 0 bridgehead atoms. The zero-order valence-electron chi connectivity index (χ0n) is 9.98. The molecule has 0 N–H and O–H groups in total. The van der Waals surface area contributed by atoms with Crippen LogP contribution in [0.25, 0.3) is 0 Å². The second-order valence-electron chi connectivity index (χ2n) is 6.48. The van der Waals surface area contributed by atoms with E-state index in [1.807, 2.05) is 0 Å². The van der Waals surface area contributed by atoms with E-state index in [2.05, 4.69) is 53.3 Å². The van der Waals surface area contributed by atoms with Gasteiger partial charge in [-0.25, -0.2) is 0 Å². The maximum atomic E-state index is 2.39. The van der Waals surface area contributed by atoms with Crippen LogP contribution in [0.4, 0.5) is 0 Å². The molecule has 1 aliphatic rings. The molecular formula is C12H24S. The number of hydrogen-bond donors (Lipinski definition) is 0. The lowest BCUT2D eigenvalue weighted by molar-refractivity contribution is 0.115. The van der Waals surface area contributed by atoms with Gasteiger partial charge in [-0.15, -0.1) is 0 Å². The Kier molecular flexibility index (Phi) is 3.07. The van der Waals surface area contributed by atoms with Gasteiger partial charge in [0.05, 0.1) is 0 Å². The van der Waals surface area contributed by atoms with Gasteiger partial charge in [-0.1, -0.05) is 41.5 Å².